The number of carbonyl (C=O) groups is 4. The van der Waals surface area contributed by atoms with E-state index in [0.717, 1.165) is 48.7 Å². The molecule has 3 amide bonds. The average molecular weight is 931 g/mol. The van der Waals surface area contributed by atoms with Gasteiger partial charge in [0.2, 0.25) is 16.7 Å². The first-order valence-corrected chi connectivity index (χ1v) is 20.8. The topological polar surface area (TPSA) is 230 Å². The highest BCUT2D eigenvalue weighted by Gasteiger charge is 2.55. The lowest BCUT2D eigenvalue weighted by Gasteiger charge is -2.49. The normalized spacial score (nSPS) is 16.4. The number of hydrogen-bond donors (Lipinski definition) is 4. The van der Waals surface area contributed by atoms with E-state index in [9.17, 15) is 19.2 Å². The molecule has 0 saturated carbocycles. The number of ether oxygens (including phenoxy) is 3. The van der Waals surface area contributed by atoms with E-state index in [4.69, 9.17) is 24.8 Å². The van der Waals surface area contributed by atoms with Crippen LogP contribution in [-0.2, 0) is 48.4 Å². The van der Waals surface area contributed by atoms with Crippen molar-refractivity contribution in [2.24, 2.45) is 10.9 Å². The van der Waals surface area contributed by atoms with Gasteiger partial charge in [-0.15, -0.1) is 16.7 Å². The summed E-state index contributed by atoms with van der Waals surface area (Å²) in [6, 6.07) is 9.95. The lowest BCUT2D eigenvalue weighted by molar-refractivity contribution is -0.665. The van der Waals surface area contributed by atoms with Crippen molar-refractivity contribution in [3.05, 3.63) is 71.6 Å². The molecule has 2 aliphatic rings. The SMILES string of the molecule is CCO/N=C(\C(=O)NC1C(=O)N2C(C(=O)OCc3ccc(OC)cc3)=C(C[n+]3cn(CCCNCCN)c4cccnc43)CSC12)c1nsc(NC(=O)OC(C)(C)C)n1.[Br-]. The van der Waals surface area contributed by atoms with Crippen molar-refractivity contribution in [1.82, 2.24) is 34.4 Å². The first kappa shape index (κ1) is 45.9. The molecule has 3 aromatic heterocycles. The molecule has 5 heterocycles. The number of nitrogens with zero attached hydrogens (tertiary/aromatic N) is 7. The van der Waals surface area contributed by atoms with Gasteiger partial charge in [0.15, 0.2) is 11.8 Å². The van der Waals surface area contributed by atoms with Gasteiger partial charge in [-0.2, -0.15) is 9.36 Å². The van der Waals surface area contributed by atoms with Crippen molar-refractivity contribution in [3.63, 3.8) is 0 Å². The number of aryl methyl sites for hydroxylation is 1. The summed E-state index contributed by atoms with van der Waals surface area (Å²) in [5.74, 6) is -1.12. The average Bonchev–Trinajstić information content (AvgIpc) is 3.82. The fourth-order valence-corrected chi connectivity index (χ4v) is 8.13. The fraction of sp³-hybridized carbons (Fsp3) is 0.447. The molecule has 2 unspecified atom stereocenters. The summed E-state index contributed by atoms with van der Waals surface area (Å²) < 4.78 is 24.6. The van der Waals surface area contributed by atoms with Gasteiger partial charge in [0.05, 0.1) is 20.2 Å². The summed E-state index contributed by atoms with van der Waals surface area (Å²) in [6.07, 6.45) is 3.79. The highest BCUT2D eigenvalue weighted by atomic mass is 79.9. The van der Waals surface area contributed by atoms with E-state index in [1.807, 2.05) is 23.0 Å². The molecule has 6 rings (SSSR count). The van der Waals surface area contributed by atoms with Gasteiger partial charge in [-0.1, -0.05) is 17.3 Å². The molecule has 0 spiro atoms. The molecule has 1 fully saturated rings. The van der Waals surface area contributed by atoms with Gasteiger partial charge in [0.25, 0.3) is 11.8 Å². The third-order valence-corrected chi connectivity index (χ3v) is 10.8. The zero-order valence-corrected chi connectivity index (χ0v) is 37.0. The summed E-state index contributed by atoms with van der Waals surface area (Å²) in [5.41, 5.74) is 7.69. The smallest absolute Gasteiger partial charge is 0.414 e. The number of thioether (sulfide) groups is 1. The Balaban J connectivity index is 0.00000683. The van der Waals surface area contributed by atoms with Crippen molar-refractivity contribution in [1.29, 1.82) is 0 Å². The zero-order valence-electron chi connectivity index (χ0n) is 33.8. The van der Waals surface area contributed by atoms with E-state index < -0.39 is 40.9 Å². The summed E-state index contributed by atoms with van der Waals surface area (Å²) in [7, 11) is 1.57. The van der Waals surface area contributed by atoms with Gasteiger partial charge in [-0.05, 0) is 70.5 Å². The number of imidazole rings is 1. The van der Waals surface area contributed by atoms with Crippen LogP contribution >= 0.6 is 23.3 Å². The Morgan fingerprint density at radius 1 is 1.13 bits per heavy atom. The Kier molecular flexibility index (Phi) is 16.0. The number of β-lactam (4-membered cyclic amide) rings is 1. The number of pyridine rings is 1. The van der Waals surface area contributed by atoms with E-state index in [-0.39, 0.29) is 59.1 Å². The molecule has 60 heavy (non-hydrogen) atoms. The van der Waals surface area contributed by atoms with Crippen LogP contribution in [0.25, 0.3) is 11.2 Å². The number of hydrogen-bond acceptors (Lipinski definition) is 16. The Labute approximate surface area is 365 Å². The van der Waals surface area contributed by atoms with Crippen LogP contribution in [0, 0.1) is 0 Å². The van der Waals surface area contributed by atoms with E-state index in [1.165, 1.54) is 16.7 Å². The number of nitrogens with two attached hydrogens (primary N) is 1. The molecular weight excluding hydrogens is 883 g/mol. The van der Waals surface area contributed by atoms with Crippen molar-refractivity contribution in [2.75, 3.05) is 44.4 Å². The standard InChI is InChI=1S/C38H47N11O8S2.BrH/c1-6-56-45-27(30-43-36(59-46-30)44-37(53)57-38(2,3)4)32(50)42-28-33(51)49-29(35(52)55-20-23-10-12-25(54-5)13-11-23)24(21-58-34(28)49)19-48-22-47(18-8-15-40-17-14-39)26-9-7-16-41-31(26)48;/h7,9-13,16,22,28,34,40H,6,8,14-15,17-21,39H2,1-5H3,(H-,42,43,44,46,50,53);1H/b45-27-;. The molecule has 0 radical (unpaired) electrons. The maximum absolute atomic E-state index is 14.1. The second-order valence-electron chi connectivity index (χ2n) is 14.3. The largest absolute Gasteiger partial charge is 1.00 e. The van der Waals surface area contributed by atoms with E-state index in [0.29, 0.717) is 29.3 Å². The van der Waals surface area contributed by atoms with Gasteiger partial charge in [0, 0.05) is 35.9 Å². The molecule has 4 aromatic rings. The van der Waals surface area contributed by atoms with Gasteiger partial charge in [-0.3, -0.25) is 24.4 Å². The summed E-state index contributed by atoms with van der Waals surface area (Å²) >= 11 is 2.21. The number of anilines is 1. The number of halogens is 1. The first-order chi connectivity index (χ1) is 28.4. The molecular formula is C38H48BrN11O8S2. The van der Waals surface area contributed by atoms with Crippen molar-refractivity contribution in [3.8, 4) is 5.75 Å². The lowest BCUT2D eigenvalue weighted by atomic mass is 10.0. The van der Waals surface area contributed by atoms with Crippen LogP contribution in [-0.4, -0.2) is 110 Å². The van der Waals surface area contributed by atoms with Crippen molar-refractivity contribution >= 4 is 69.2 Å². The third-order valence-electron chi connectivity index (χ3n) is 8.86. The van der Waals surface area contributed by atoms with Crippen LogP contribution in [0.1, 0.15) is 45.5 Å². The number of methoxy groups -OCH3 is 1. The predicted octanol–water partition coefficient (Wildman–Crippen LogP) is -0.688. The van der Waals surface area contributed by atoms with E-state index >= 15 is 0 Å². The van der Waals surface area contributed by atoms with Crippen LogP contribution in [0.2, 0.25) is 0 Å². The Bertz CT molecular complexity index is 2230. The Hall–Kier alpha value is -5.16. The van der Waals surface area contributed by atoms with Gasteiger partial charge in [0.1, 0.15) is 47.9 Å². The lowest BCUT2D eigenvalue weighted by Crippen LogP contribution is -3.00. The van der Waals surface area contributed by atoms with Crippen molar-refractivity contribution < 1.29 is 59.8 Å². The molecule has 0 aliphatic carbocycles. The molecule has 322 valence electrons. The van der Waals surface area contributed by atoms with Gasteiger partial charge >= 0.3 is 17.7 Å². The van der Waals surface area contributed by atoms with E-state index in [1.54, 1.807) is 65.3 Å². The Morgan fingerprint density at radius 2 is 1.92 bits per heavy atom. The summed E-state index contributed by atoms with van der Waals surface area (Å²) in [5, 5.41) is 11.9. The second-order valence-corrected chi connectivity index (χ2v) is 16.2. The Morgan fingerprint density at radius 3 is 2.63 bits per heavy atom. The van der Waals surface area contributed by atoms with Gasteiger partial charge in [-0.25, -0.2) is 14.2 Å². The number of oxime groups is 1. The minimum absolute atomic E-state index is 0. The quantitative estimate of drug-likeness (QED) is 0.0242. The molecule has 1 saturated heterocycles. The van der Waals surface area contributed by atoms with Crippen LogP contribution in [0.5, 0.6) is 5.75 Å². The minimum Gasteiger partial charge on any atom is -1.00 e. The maximum atomic E-state index is 14.1. The maximum Gasteiger partial charge on any atom is 0.414 e. The summed E-state index contributed by atoms with van der Waals surface area (Å²) in [4.78, 5) is 69.7. The van der Waals surface area contributed by atoms with Crippen LogP contribution in [0.4, 0.5) is 9.93 Å². The fourth-order valence-electron chi connectivity index (χ4n) is 6.24. The number of amides is 3. The summed E-state index contributed by atoms with van der Waals surface area (Å²) in [6.45, 7) is 9.99. The first-order valence-electron chi connectivity index (χ1n) is 19.0. The highest BCUT2D eigenvalue weighted by molar-refractivity contribution is 8.00. The molecule has 19 nitrogen and oxygen atoms in total. The molecule has 1 aromatic carbocycles. The molecule has 5 N–H and O–H groups in total. The number of carbonyl (C=O) groups excluding carboxylic acids is 4. The molecule has 22 heteroatoms. The monoisotopic (exact) mass is 929 g/mol. The molecule has 2 aliphatic heterocycles. The molecule has 2 atom stereocenters. The number of rotatable bonds is 18. The zero-order chi connectivity index (χ0) is 42.1. The second kappa shape index (κ2) is 20.9. The van der Waals surface area contributed by atoms with Crippen LogP contribution in [0.3, 0.4) is 0 Å². The van der Waals surface area contributed by atoms with Gasteiger partial charge < -0.3 is 52.4 Å². The third kappa shape index (κ3) is 11.2. The minimum atomic E-state index is -1.03. The highest BCUT2D eigenvalue weighted by Crippen LogP contribution is 2.41. The van der Waals surface area contributed by atoms with Crippen LogP contribution in [0.15, 0.2) is 65.3 Å². The number of benzene rings is 1. The number of nitrogens with one attached hydrogen (secondary N) is 3. The van der Waals surface area contributed by atoms with E-state index in [2.05, 4.69) is 40.0 Å². The number of aromatic nitrogens is 5. The number of fused-ring (bicyclic) bond motifs is 2. The molecule has 0 bridgehead atoms. The van der Waals surface area contributed by atoms with Crippen molar-refractivity contribution in [2.45, 2.75) is 70.8 Å². The van der Waals surface area contributed by atoms with Crippen LogP contribution < -0.4 is 48.0 Å². The predicted molar refractivity (Wildman–Crippen MR) is 219 cm³/mol. The number of esters is 1.